The first-order valence-electron chi connectivity index (χ1n) is 23.9. The van der Waals surface area contributed by atoms with Crippen molar-refractivity contribution in [1.82, 2.24) is 15.0 Å². The Morgan fingerprint density at radius 2 is 0.700 bits per heavy atom. The average Bonchev–Trinajstić information content (AvgIpc) is 3.64. The van der Waals surface area contributed by atoms with Crippen molar-refractivity contribution in [2.75, 3.05) is 0 Å². The van der Waals surface area contributed by atoms with Crippen molar-refractivity contribution in [3.8, 4) is 112 Å². The van der Waals surface area contributed by atoms with Crippen molar-refractivity contribution in [2.45, 2.75) is 29.1 Å². The molecule has 330 valence electrons. The third-order valence-electron chi connectivity index (χ3n) is 14.2. The van der Waals surface area contributed by atoms with Gasteiger partial charge in [-0.3, -0.25) is 0 Å². The van der Waals surface area contributed by atoms with Crippen LogP contribution < -0.4 is 0 Å². The number of benzene rings is 10. The zero-order valence-electron chi connectivity index (χ0n) is 38.8. The van der Waals surface area contributed by atoms with Crippen LogP contribution in [-0.4, -0.2) is 15.0 Å². The molecular weight excluding hydrogens is 867 g/mol. The van der Waals surface area contributed by atoms with E-state index in [1.165, 1.54) is 65.4 Å². The second-order valence-electron chi connectivity index (χ2n) is 18.7. The van der Waals surface area contributed by atoms with E-state index in [4.69, 9.17) is 15.0 Å². The van der Waals surface area contributed by atoms with E-state index in [-0.39, 0.29) is 5.41 Å². The van der Waals surface area contributed by atoms with Gasteiger partial charge < -0.3 is 0 Å². The van der Waals surface area contributed by atoms with Crippen LogP contribution in [0.25, 0.3) is 112 Å². The van der Waals surface area contributed by atoms with Gasteiger partial charge in [0, 0.05) is 31.9 Å². The molecule has 3 nitrogen and oxygen atoms in total. The molecule has 70 heavy (non-hydrogen) atoms. The Bertz CT molecular complexity index is 3770. The second-order valence-corrected chi connectivity index (χ2v) is 19.8. The molecule has 0 N–H and O–H groups in total. The Labute approximate surface area is 413 Å². The summed E-state index contributed by atoms with van der Waals surface area (Å²) >= 11 is 1.86. The molecule has 0 saturated carbocycles. The Hall–Kier alpha value is -8.44. The summed E-state index contributed by atoms with van der Waals surface area (Å²) in [5.41, 5.74) is 21.7. The minimum atomic E-state index is -0.176. The van der Waals surface area contributed by atoms with Crippen LogP contribution in [0.2, 0.25) is 0 Å². The standard InChI is InChI=1S/C66H45N3S/c1-66(2)59-32-18-16-30-54(59)57-40-58-56-39-45(34-35-53(56)51-28-13-12-26-49(51)50-27-14-15-29-52(50)55-31-17-19-33-61(55)70-62(58)41-60(57)66)64-67-63(44-24-10-5-11-25-44)68-65(69-64)48-37-46(42-20-6-3-7-21-42)36-47(38-48)43-22-8-4-9-23-43/h3-41H,1-2H3. The summed E-state index contributed by atoms with van der Waals surface area (Å²) in [6, 6.07) is 85.5. The molecule has 4 heteroatoms. The molecule has 1 aliphatic heterocycles. The van der Waals surface area contributed by atoms with Crippen molar-refractivity contribution in [3.05, 3.63) is 248 Å². The molecule has 1 aromatic heterocycles. The highest BCUT2D eigenvalue weighted by molar-refractivity contribution is 7.99. The highest BCUT2D eigenvalue weighted by Crippen LogP contribution is 2.55. The smallest absolute Gasteiger partial charge is 0.164 e. The predicted octanol–water partition coefficient (Wildman–Crippen LogP) is 17.6. The van der Waals surface area contributed by atoms with E-state index < -0.39 is 0 Å². The highest BCUT2D eigenvalue weighted by atomic mass is 32.2. The predicted molar refractivity (Wildman–Crippen MR) is 290 cm³/mol. The lowest BCUT2D eigenvalue weighted by atomic mass is 9.81. The van der Waals surface area contributed by atoms with Crippen LogP contribution in [0.1, 0.15) is 25.0 Å². The van der Waals surface area contributed by atoms with Gasteiger partial charge in [-0.25, -0.2) is 15.0 Å². The van der Waals surface area contributed by atoms with Crippen molar-refractivity contribution in [2.24, 2.45) is 0 Å². The minimum absolute atomic E-state index is 0.176. The van der Waals surface area contributed by atoms with Crippen molar-refractivity contribution in [1.29, 1.82) is 0 Å². The van der Waals surface area contributed by atoms with Gasteiger partial charge in [-0.1, -0.05) is 220 Å². The molecule has 0 spiro atoms. The van der Waals surface area contributed by atoms with E-state index in [0.717, 1.165) is 50.1 Å². The maximum absolute atomic E-state index is 5.45. The van der Waals surface area contributed by atoms with Crippen molar-refractivity contribution >= 4 is 11.8 Å². The number of fused-ring (bicyclic) bond motifs is 12. The average molecular weight is 912 g/mol. The number of rotatable bonds is 5. The summed E-state index contributed by atoms with van der Waals surface area (Å²) < 4.78 is 0. The van der Waals surface area contributed by atoms with E-state index in [1.54, 1.807) is 0 Å². The van der Waals surface area contributed by atoms with Crippen LogP contribution >= 0.6 is 11.8 Å². The first-order chi connectivity index (χ1) is 34.4. The highest BCUT2D eigenvalue weighted by Gasteiger charge is 2.37. The van der Waals surface area contributed by atoms with Crippen LogP contribution in [0.4, 0.5) is 0 Å². The quantitative estimate of drug-likeness (QED) is 0.172. The van der Waals surface area contributed by atoms with Gasteiger partial charge in [0.25, 0.3) is 0 Å². The summed E-state index contributed by atoms with van der Waals surface area (Å²) in [6.07, 6.45) is 0. The van der Waals surface area contributed by atoms with Crippen molar-refractivity contribution in [3.63, 3.8) is 0 Å². The fourth-order valence-corrected chi connectivity index (χ4v) is 11.8. The molecule has 0 fully saturated rings. The fourth-order valence-electron chi connectivity index (χ4n) is 10.7. The Balaban J connectivity index is 1.09. The van der Waals surface area contributed by atoms with Gasteiger partial charge in [0.2, 0.25) is 0 Å². The largest absolute Gasteiger partial charge is 0.208 e. The Morgan fingerprint density at radius 1 is 0.257 bits per heavy atom. The van der Waals surface area contributed by atoms with E-state index in [0.29, 0.717) is 17.5 Å². The zero-order valence-corrected chi connectivity index (χ0v) is 39.6. The normalized spacial score (nSPS) is 12.8. The van der Waals surface area contributed by atoms with E-state index >= 15 is 0 Å². The van der Waals surface area contributed by atoms with E-state index in [2.05, 4.69) is 232 Å². The lowest BCUT2D eigenvalue weighted by molar-refractivity contribution is 0.659. The van der Waals surface area contributed by atoms with E-state index in [1.807, 2.05) is 30.0 Å². The molecule has 0 atom stereocenters. The van der Waals surface area contributed by atoms with Gasteiger partial charge in [0.15, 0.2) is 17.5 Å². The van der Waals surface area contributed by atoms with Crippen LogP contribution in [0.3, 0.4) is 0 Å². The molecule has 10 aromatic carbocycles. The summed E-state index contributed by atoms with van der Waals surface area (Å²) in [4.78, 5) is 18.5. The van der Waals surface area contributed by atoms with Gasteiger partial charge in [0.1, 0.15) is 0 Å². The molecule has 0 bridgehead atoms. The topological polar surface area (TPSA) is 38.7 Å². The van der Waals surface area contributed by atoms with Gasteiger partial charge >= 0.3 is 0 Å². The van der Waals surface area contributed by atoms with Crippen LogP contribution in [0.15, 0.2) is 246 Å². The van der Waals surface area contributed by atoms with Crippen LogP contribution in [0.5, 0.6) is 0 Å². The number of hydrogen-bond donors (Lipinski definition) is 0. The maximum atomic E-state index is 5.45. The fraction of sp³-hybridized carbons (Fsp3) is 0.0455. The zero-order chi connectivity index (χ0) is 46.8. The lowest BCUT2D eigenvalue weighted by Crippen LogP contribution is -2.15. The van der Waals surface area contributed by atoms with Crippen LogP contribution in [-0.2, 0) is 5.41 Å². The maximum Gasteiger partial charge on any atom is 0.164 e. The number of nitrogens with zero attached hydrogens (tertiary/aromatic N) is 3. The first-order valence-corrected chi connectivity index (χ1v) is 24.7. The molecule has 1 aliphatic carbocycles. The SMILES string of the molecule is CC1(C)c2ccccc2-c2cc3c(cc21)Sc1ccccc1-c1ccccc1-c1ccccc1-c1ccc(-c2nc(-c4ccccc4)nc(-c4cc(-c5ccccc5)cc(-c5ccccc5)c4)n2)cc1-3. The summed E-state index contributed by atoms with van der Waals surface area (Å²) in [6.45, 7) is 4.74. The molecule has 2 heterocycles. The van der Waals surface area contributed by atoms with Gasteiger partial charge in [0.05, 0.1) is 0 Å². The third-order valence-corrected chi connectivity index (χ3v) is 15.3. The summed E-state index contributed by atoms with van der Waals surface area (Å²) in [5.74, 6) is 1.84. The molecule has 11 aromatic rings. The molecule has 0 amide bonds. The molecule has 2 aliphatic rings. The van der Waals surface area contributed by atoms with Crippen LogP contribution in [0, 0.1) is 0 Å². The van der Waals surface area contributed by atoms with Gasteiger partial charge in [-0.05, 0) is 131 Å². The second kappa shape index (κ2) is 17.0. The number of aromatic nitrogens is 3. The molecule has 13 rings (SSSR count). The van der Waals surface area contributed by atoms with E-state index in [9.17, 15) is 0 Å². The molecule has 0 saturated heterocycles. The first kappa shape index (κ1) is 41.7. The molecule has 0 radical (unpaired) electrons. The van der Waals surface area contributed by atoms with Gasteiger partial charge in [-0.2, -0.15) is 0 Å². The Morgan fingerprint density at radius 3 is 1.30 bits per heavy atom. The molecule has 0 unspecified atom stereocenters. The minimum Gasteiger partial charge on any atom is -0.208 e. The number of hydrogen-bond acceptors (Lipinski definition) is 4. The third kappa shape index (κ3) is 7.19. The van der Waals surface area contributed by atoms with Crippen molar-refractivity contribution < 1.29 is 0 Å². The summed E-state index contributed by atoms with van der Waals surface area (Å²) in [5, 5.41) is 0. The Kier molecular flexibility index (Phi) is 10.1. The summed E-state index contributed by atoms with van der Waals surface area (Å²) in [7, 11) is 0. The van der Waals surface area contributed by atoms with Gasteiger partial charge in [-0.15, -0.1) is 0 Å². The molecular formula is C66H45N3S. The monoisotopic (exact) mass is 911 g/mol. The lowest BCUT2D eigenvalue weighted by Gasteiger charge is -2.23.